The number of benzene rings is 1. The first-order valence-electron chi connectivity index (χ1n) is 5.79. The maximum Gasteiger partial charge on any atom is 0.261 e. The Bertz CT molecular complexity index is 758. The quantitative estimate of drug-likeness (QED) is 0.773. The Labute approximate surface area is 139 Å². The molecule has 1 aromatic rings. The fourth-order valence-corrected chi connectivity index (χ4v) is 5.15. The highest BCUT2D eigenvalue weighted by molar-refractivity contribution is 8.13. The average molecular weight is 395 g/mol. The van der Waals surface area contributed by atoms with Crippen LogP contribution < -0.4 is 4.72 Å². The van der Waals surface area contributed by atoms with E-state index >= 15 is 0 Å². The summed E-state index contributed by atoms with van der Waals surface area (Å²) in [7, 11) is -2.40. The zero-order chi connectivity index (χ0) is 16.6. The van der Waals surface area contributed by atoms with Crippen LogP contribution in [0.4, 0.5) is 5.69 Å². The van der Waals surface area contributed by atoms with Crippen LogP contribution in [0, 0.1) is 12.8 Å². The lowest BCUT2D eigenvalue weighted by molar-refractivity contribution is 0.587. The minimum absolute atomic E-state index is 0.0550. The smallest absolute Gasteiger partial charge is 0.261 e. The molecule has 0 saturated heterocycles. The van der Waals surface area contributed by atoms with Crippen LogP contribution in [-0.4, -0.2) is 22.6 Å². The van der Waals surface area contributed by atoms with Gasteiger partial charge >= 0.3 is 0 Å². The molecule has 0 aromatic heterocycles. The Morgan fingerprint density at radius 3 is 2.14 bits per heavy atom. The van der Waals surface area contributed by atoms with Crippen molar-refractivity contribution in [2.24, 2.45) is 5.92 Å². The van der Waals surface area contributed by atoms with Gasteiger partial charge in [-0.05, 0) is 24.5 Å². The fraction of sp³-hybridized carbons (Fsp3) is 0.455. The lowest BCUT2D eigenvalue weighted by Gasteiger charge is -2.15. The Morgan fingerprint density at radius 1 is 1.19 bits per heavy atom. The summed E-state index contributed by atoms with van der Waals surface area (Å²) in [4.78, 5) is -0.258. The van der Waals surface area contributed by atoms with Gasteiger partial charge in [-0.3, -0.25) is 4.72 Å². The first kappa shape index (κ1) is 18.8. The monoisotopic (exact) mass is 393 g/mol. The number of hydrogen-bond donors (Lipinski definition) is 1. The van der Waals surface area contributed by atoms with Crippen molar-refractivity contribution in [1.29, 1.82) is 0 Å². The van der Waals surface area contributed by atoms with Crippen LogP contribution in [0.3, 0.4) is 0 Å². The molecule has 1 rings (SSSR count). The average Bonchev–Trinajstić information content (AvgIpc) is 2.26. The Kier molecular flexibility index (Phi) is 5.83. The van der Waals surface area contributed by atoms with Gasteiger partial charge in [-0.25, -0.2) is 16.8 Å². The van der Waals surface area contributed by atoms with Crippen LogP contribution >= 0.6 is 33.9 Å². The number of rotatable bonds is 5. The number of anilines is 1. The van der Waals surface area contributed by atoms with Crippen molar-refractivity contribution in [3.63, 3.8) is 0 Å². The van der Waals surface area contributed by atoms with Crippen LogP contribution in [0.5, 0.6) is 0 Å². The molecule has 1 aromatic carbocycles. The van der Waals surface area contributed by atoms with E-state index in [0.717, 1.165) is 6.07 Å². The third kappa shape index (κ3) is 4.89. The van der Waals surface area contributed by atoms with Crippen molar-refractivity contribution in [2.45, 2.75) is 25.7 Å². The Balaban J connectivity index is 3.39. The van der Waals surface area contributed by atoms with Crippen LogP contribution in [0.15, 0.2) is 11.0 Å². The molecule has 0 amide bonds. The second kappa shape index (κ2) is 6.50. The van der Waals surface area contributed by atoms with E-state index in [1.54, 1.807) is 13.8 Å². The van der Waals surface area contributed by atoms with Crippen molar-refractivity contribution in [3.8, 4) is 0 Å². The first-order chi connectivity index (χ1) is 9.35. The minimum atomic E-state index is -4.03. The summed E-state index contributed by atoms with van der Waals surface area (Å²) < 4.78 is 49.0. The molecule has 0 radical (unpaired) electrons. The molecule has 0 atom stereocenters. The van der Waals surface area contributed by atoms with Crippen LogP contribution in [-0.2, 0) is 19.1 Å². The molecular weight excluding hydrogens is 381 g/mol. The van der Waals surface area contributed by atoms with E-state index in [4.69, 9.17) is 33.9 Å². The van der Waals surface area contributed by atoms with E-state index in [0.29, 0.717) is 0 Å². The maximum atomic E-state index is 11.9. The van der Waals surface area contributed by atoms with Gasteiger partial charge in [-0.2, -0.15) is 0 Å². The van der Waals surface area contributed by atoms with Gasteiger partial charge in [0.05, 0.1) is 26.4 Å². The summed E-state index contributed by atoms with van der Waals surface area (Å²) in [5.74, 6) is -0.211. The van der Waals surface area contributed by atoms with Gasteiger partial charge in [0.1, 0.15) is 0 Å². The molecule has 1 N–H and O–H groups in total. The molecule has 0 aliphatic carbocycles. The summed E-state index contributed by atoms with van der Waals surface area (Å²) in [5, 5.41) is -0.244. The maximum absolute atomic E-state index is 11.9. The lowest BCUT2D eigenvalue weighted by atomic mass is 10.2. The largest absolute Gasteiger partial charge is 0.280 e. The number of hydrogen-bond acceptors (Lipinski definition) is 4. The van der Waals surface area contributed by atoms with E-state index in [1.165, 1.54) is 6.92 Å². The van der Waals surface area contributed by atoms with E-state index in [-0.39, 0.29) is 37.9 Å². The Morgan fingerprint density at radius 2 is 1.71 bits per heavy atom. The molecule has 21 heavy (non-hydrogen) atoms. The van der Waals surface area contributed by atoms with Gasteiger partial charge < -0.3 is 0 Å². The summed E-state index contributed by atoms with van der Waals surface area (Å²) >= 11 is 11.9. The van der Waals surface area contributed by atoms with E-state index < -0.39 is 19.1 Å². The van der Waals surface area contributed by atoms with Gasteiger partial charge in [-0.15, -0.1) is 0 Å². The van der Waals surface area contributed by atoms with Crippen LogP contribution in [0.25, 0.3) is 0 Å². The summed E-state index contributed by atoms with van der Waals surface area (Å²) in [6.07, 6.45) is 0. The van der Waals surface area contributed by atoms with Crippen LogP contribution in [0.2, 0.25) is 10.0 Å². The van der Waals surface area contributed by atoms with Crippen molar-refractivity contribution < 1.29 is 16.8 Å². The summed E-state index contributed by atoms with van der Waals surface area (Å²) in [6.45, 7) is 4.90. The number of nitrogens with one attached hydrogen (secondary N) is 1. The molecule has 120 valence electrons. The second-order valence-electron chi connectivity index (χ2n) is 4.89. The number of halogens is 3. The van der Waals surface area contributed by atoms with Crippen molar-refractivity contribution in [1.82, 2.24) is 0 Å². The second-order valence-corrected chi connectivity index (χ2v) is 9.97. The molecule has 0 heterocycles. The molecule has 0 unspecified atom stereocenters. The molecule has 0 aliphatic heterocycles. The predicted molar refractivity (Wildman–Crippen MR) is 86.5 cm³/mol. The number of sulfonamides is 1. The summed E-state index contributed by atoms with van der Waals surface area (Å²) in [5.41, 5.74) is 0.0684. The van der Waals surface area contributed by atoms with E-state index in [1.807, 2.05) is 0 Å². The van der Waals surface area contributed by atoms with E-state index in [2.05, 4.69) is 4.72 Å². The first-order valence-corrected chi connectivity index (χ1v) is 10.5. The van der Waals surface area contributed by atoms with Gasteiger partial charge in [0.15, 0.2) is 0 Å². The zero-order valence-electron chi connectivity index (χ0n) is 11.4. The molecule has 0 fully saturated rings. The molecule has 0 bridgehead atoms. The molecule has 0 spiro atoms. The standard InChI is InChI=1S/C11H14Cl3NO4S2/c1-6(2)5-20(16,17)15-11-8(12)4-9(21(14,18)19)7(3)10(11)13/h4,6,15H,5H2,1-3H3. The highest BCUT2D eigenvalue weighted by atomic mass is 35.7. The van der Waals surface area contributed by atoms with Gasteiger partial charge in [-0.1, -0.05) is 37.0 Å². The van der Waals surface area contributed by atoms with Gasteiger partial charge in [0.25, 0.3) is 9.05 Å². The van der Waals surface area contributed by atoms with Gasteiger partial charge in [0, 0.05) is 10.7 Å². The SMILES string of the molecule is Cc1c(S(=O)(=O)Cl)cc(Cl)c(NS(=O)(=O)CC(C)C)c1Cl. The molecule has 0 saturated carbocycles. The van der Waals surface area contributed by atoms with E-state index in [9.17, 15) is 16.8 Å². The topological polar surface area (TPSA) is 80.3 Å². The molecular formula is C11H14Cl3NO4S2. The predicted octanol–water partition coefficient (Wildman–Crippen LogP) is 3.63. The van der Waals surface area contributed by atoms with Crippen molar-refractivity contribution >= 4 is 58.6 Å². The lowest BCUT2D eigenvalue weighted by Crippen LogP contribution is -2.20. The minimum Gasteiger partial charge on any atom is -0.280 e. The third-order valence-electron chi connectivity index (χ3n) is 2.49. The third-order valence-corrected chi connectivity index (χ3v) is 6.33. The molecule has 5 nitrogen and oxygen atoms in total. The van der Waals surface area contributed by atoms with Gasteiger partial charge in [0.2, 0.25) is 10.0 Å². The highest BCUT2D eigenvalue weighted by Crippen LogP contribution is 2.38. The highest BCUT2D eigenvalue weighted by Gasteiger charge is 2.23. The summed E-state index contributed by atoms with van der Waals surface area (Å²) in [6, 6.07) is 1.07. The molecule has 0 aliphatic rings. The van der Waals surface area contributed by atoms with Crippen molar-refractivity contribution in [3.05, 3.63) is 21.7 Å². The zero-order valence-corrected chi connectivity index (χ0v) is 15.3. The van der Waals surface area contributed by atoms with Crippen molar-refractivity contribution in [2.75, 3.05) is 10.5 Å². The van der Waals surface area contributed by atoms with Crippen LogP contribution in [0.1, 0.15) is 19.4 Å². The molecule has 10 heteroatoms. The normalized spacial score (nSPS) is 12.7. The Hall–Kier alpha value is -0.210. The fourth-order valence-electron chi connectivity index (χ4n) is 1.68.